The van der Waals surface area contributed by atoms with E-state index in [1.807, 2.05) is 18.2 Å². The molecule has 3 rings (SSSR count). The molecule has 0 spiro atoms. The Bertz CT molecular complexity index is 1050. The Labute approximate surface area is 169 Å². The van der Waals surface area contributed by atoms with E-state index in [2.05, 4.69) is 0 Å². The van der Waals surface area contributed by atoms with Crippen LogP contribution >= 0.6 is 0 Å². The van der Waals surface area contributed by atoms with Crippen LogP contribution in [-0.2, 0) is 0 Å². The molecule has 29 heavy (non-hydrogen) atoms. The monoisotopic (exact) mass is 397 g/mol. The summed E-state index contributed by atoms with van der Waals surface area (Å²) in [5.74, 6) is 2.54. The highest BCUT2D eigenvalue weighted by Crippen LogP contribution is 2.40. The molecule has 0 saturated carbocycles. The van der Waals surface area contributed by atoms with Gasteiger partial charge in [0.2, 0.25) is 5.75 Å². The Morgan fingerprint density at radius 2 is 1.28 bits per heavy atom. The van der Waals surface area contributed by atoms with E-state index in [0.29, 0.717) is 40.1 Å². The van der Waals surface area contributed by atoms with E-state index >= 15 is 0 Å². The molecule has 0 saturated heterocycles. The number of rotatable bonds is 7. The molecule has 152 valence electrons. The van der Waals surface area contributed by atoms with Gasteiger partial charge >= 0.3 is 0 Å². The minimum Gasteiger partial charge on any atom is -0.493 e. The van der Waals surface area contributed by atoms with E-state index in [-0.39, 0.29) is 5.56 Å². The van der Waals surface area contributed by atoms with E-state index < -0.39 is 0 Å². The largest absolute Gasteiger partial charge is 0.493 e. The highest BCUT2D eigenvalue weighted by molar-refractivity contribution is 5.68. The number of ether oxygens (including phenoxy) is 5. The summed E-state index contributed by atoms with van der Waals surface area (Å²) >= 11 is 0. The van der Waals surface area contributed by atoms with Gasteiger partial charge in [-0.3, -0.25) is 9.36 Å². The third-order valence-electron chi connectivity index (χ3n) is 4.54. The van der Waals surface area contributed by atoms with E-state index in [1.54, 1.807) is 43.1 Å². The average molecular weight is 397 g/mol. The van der Waals surface area contributed by atoms with Gasteiger partial charge < -0.3 is 23.7 Å². The molecule has 0 aliphatic heterocycles. The van der Waals surface area contributed by atoms with Crippen molar-refractivity contribution in [2.45, 2.75) is 0 Å². The van der Waals surface area contributed by atoms with E-state index in [1.165, 1.54) is 27.4 Å². The first-order valence-corrected chi connectivity index (χ1v) is 8.82. The van der Waals surface area contributed by atoms with Gasteiger partial charge in [0.1, 0.15) is 0 Å². The van der Waals surface area contributed by atoms with Gasteiger partial charge in [0.25, 0.3) is 5.56 Å². The van der Waals surface area contributed by atoms with Crippen LogP contribution in [0.2, 0.25) is 0 Å². The van der Waals surface area contributed by atoms with Crippen molar-refractivity contribution in [3.8, 4) is 45.7 Å². The van der Waals surface area contributed by atoms with Gasteiger partial charge in [0.15, 0.2) is 23.0 Å². The van der Waals surface area contributed by atoms with Crippen LogP contribution in [0.3, 0.4) is 0 Å². The second-order valence-corrected chi connectivity index (χ2v) is 6.04. The van der Waals surface area contributed by atoms with Gasteiger partial charge in [0.05, 0.1) is 46.9 Å². The summed E-state index contributed by atoms with van der Waals surface area (Å²) in [7, 11) is 7.74. The summed E-state index contributed by atoms with van der Waals surface area (Å²) in [6.45, 7) is 0. The number of hydrogen-bond donors (Lipinski definition) is 0. The van der Waals surface area contributed by atoms with Crippen LogP contribution in [0.25, 0.3) is 16.9 Å². The van der Waals surface area contributed by atoms with E-state index in [0.717, 1.165) is 5.56 Å². The SMILES string of the molecule is COc1ccc(-c2cccc(=O)n2-c2cc(OC)c(OC)c(OC)c2)cc1OC. The van der Waals surface area contributed by atoms with E-state index in [4.69, 9.17) is 23.7 Å². The normalized spacial score (nSPS) is 10.4. The van der Waals surface area contributed by atoms with Crippen LogP contribution in [0.15, 0.2) is 53.3 Å². The first kappa shape index (κ1) is 20.1. The summed E-state index contributed by atoms with van der Waals surface area (Å²) in [4.78, 5) is 12.8. The smallest absolute Gasteiger partial charge is 0.255 e. The van der Waals surface area contributed by atoms with Crippen molar-refractivity contribution in [3.63, 3.8) is 0 Å². The summed E-state index contributed by atoms with van der Waals surface area (Å²) in [5, 5.41) is 0. The predicted octanol–water partition coefficient (Wildman–Crippen LogP) is 3.55. The minimum absolute atomic E-state index is 0.202. The summed E-state index contributed by atoms with van der Waals surface area (Å²) < 4.78 is 28.5. The maximum Gasteiger partial charge on any atom is 0.255 e. The maximum atomic E-state index is 12.8. The van der Waals surface area contributed by atoms with E-state index in [9.17, 15) is 4.79 Å². The number of nitrogens with zero attached hydrogens (tertiary/aromatic N) is 1. The molecule has 0 unspecified atom stereocenters. The molecule has 0 amide bonds. The number of hydrogen-bond acceptors (Lipinski definition) is 6. The Morgan fingerprint density at radius 3 is 1.83 bits per heavy atom. The van der Waals surface area contributed by atoms with Gasteiger partial charge in [-0.05, 0) is 24.3 Å². The first-order chi connectivity index (χ1) is 14.1. The van der Waals surface area contributed by atoms with Crippen molar-refractivity contribution in [2.75, 3.05) is 35.5 Å². The maximum absolute atomic E-state index is 12.8. The molecule has 7 nitrogen and oxygen atoms in total. The van der Waals surface area contributed by atoms with Gasteiger partial charge in [-0.15, -0.1) is 0 Å². The molecule has 0 fully saturated rings. The molecular weight excluding hydrogens is 374 g/mol. The predicted molar refractivity (Wildman–Crippen MR) is 110 cm³/mol. The van der Waals surface area contributed by atoms with Crippen molar-refractivity contribution in [3.05, 3.63) is 58.9 Å². The molecule has 0 N–H and O–H groups in total. The lowest BCUT2D eigenvalue weighted by molar-refractivity contribution is 0.324. The highest BCUT2D eigenvalue weighted by Gasteiger charge is 2.17. The second-order valence-electron chi connectivity index (χ2n) is 6.04. The quantitative estimate of drug-likeness (QED) is 0.607. The van der Waals surface area contributed by atoms with Gasteiger partial charge in [-0.25, -0.2) is 0 Å². The Morgan fingerprint density at radius 1 is 0.655 bits per heavy atom. The van der Waals surface area contributed by atoms with Crippen molar-refractivity contribution in [2.24, 2.45) is 0 Å². The third-order valence-corrected chi connectivity index (χ3v) is 4.54. The van der Waals surface area contributed by atoms with Crippen LogP contribution < -0.4 is 29.2 Å². The fourth-order valence-corrected chi connectivity index (χ4v) is 3.17. The average Bonchev–Trinajstić information content (AvgIpc) is 2.77. The third kappa shape index (κ3) is 3.71. The van der Waals surface area contributed by atoms with Crippen molar-refractivity contribution < 1.29 is 23.7 Å². The molecule has 0 radical (unpaired) electrons. The number of benzene rings is 2. The number of pyridine rings is 1. The molecule has 2 aromatic carbocycles. The molecule has 1 aromatic heterocycles. The van der Waals surface area contributed by atoms with Crippen LogP contribution in [0.5, 0.6) is 28.7 Å². The molecule has 0 aliphatic carbocycles. The molecule has 0 aliphatic rings. The Hall–Kier alpha value is -3.61. The summed E-state index contributed by atoms with van der Waals surface area (Å²) in [5.41, 5.74) is 1.84. The highest BCUT2D eigenvalue weighted by atomic mass is 16.5. The fourth-order valence-electron chi connectivity index (χ4n) is 3.17. The minimum atomic E-state index is -0.202. The fraction of sp³-hybridized carbons (Fsp3) is 0.227. The second kappa shape index (κ2) is 8.60. The van der Waals surface area contributed by atoms with Gasteiger partial charge in [-0.2, -0.15) is 0 Å². The molecule has 0 atom stereocenters. The van der Waals surface area contributed by atoms with Crippen LogP contribution in [0.4, 0.5) is 0 Å². The van der Waals surface area contributed by atoms with Gasteiger partial charge in [0, 0.05) is 23.8 Å². The van der Waals surface area contributed by atoms with Gasteiger partial charge in [-0.1, -0.05) is 6.07 Å². The van der Waals surface area contributed by atoms with Crippen molar-refractivity contribution in [1.29, 1.82) is 0 Å². The zero-order chi connectivity index (χ0) is 21.0. The topological polar surface area (TPSA) is 68.2 Å². The van der Waals surface area contributed by atoms with Crippen LogP contribution in [0.1, 0.15) is 0 Å². The standard InChI is InChI=1S/C22H23NO6/c1-25-17-10-9-14(11-18(17)26-2)16-7-6-8-21(24)23(16)15-12-19(27-3)22(29-5)20(13-15)28-4/h6-13H,1-5H3. The molecular formula is C22H23NO6. The molecule has 7 heteroatoms. The van der Waals surface area contributed by atoms with Crippen molar-refractivity contribution in [1.82, 2.24) is 4.57 Å². The lowest BCUT2D eigenvalue weighted by Crippen LogP contribution is -2.19. The zero-order valence-corrected chi connectivity index (χ0v) is 17.0. The van der Waals surface area contributed by atoms with Crippen LogP contribution in [0, 0.1) is 0 Å². The Kier molecular flexibility index (Phi) is 5.97. The lowest BCUT2D eigenvalue weighted by Gasteiger charge is -2.18. The van der Waals surface area contributed by atoms with Crippen molar-refractivity contribution >= 4 is 0 Å². The van der Waals surface area contributed by atoms with Crippen LogP contribution in [-0.4, -0.2) is 40.1 Å². The first-order valence-electron chi connectivity index (χ1n) is 8.82. The molecule has 3 aromatic rings. The summed E-state index contributed by atoms with van der Waals surface area (Å²) in [6.07, 6.45) is 0. The lowest BCUT2D eigenvalue weighted by atomic mass is 10.1. The zero-order valence-electron chi connectivity index (χ0n) is 17.0. The number of aromatic nitrogens is 1. The summed E-state index contributed by atoms with van der Waals surface area (Å²) in [6, 6.07) is 14.0. The molecule has 1 heterocycles. The molecule has 0 bridgehead atoms. The number of methoxy groups -OCH3 is 5. The Balaban J connectivity index is 2.27.